The van der Waals surface area contributed by atoms with Gasteiger partial charge in [-0.1, -0.05) is 30.3 Å². The molecule has 5 rings (SSSR count). The molecule has 1 unspecified atom stereocenters. The summed E-state index contributed by atoms with van der Waals surface area (Å²) in [5, 5.41) is 13.3. The van der Waals surface area contributed by atoms with Crippen molar-refractivity contribution in [3.8, 4) is 17.6 Å². The number of fused-ring (bicyclic) bond motifs is 2. The highest BCUT2D eigenvalue weighted by molar-refractivity contribution is 7.99. The summed E-state index contributed by atoms with van der Waals surface area (Å²) >= 11 is 1.46. The molecule has 1 aromatic heterocycles. The number of nitriles is 1. The standard InChI is InChI=1S/C27H25N3O3S/c28-17-21-15-20-14-19(18-4-2-1-3-5-18)6-8-23(20)30-27(21)34-13-10-26(31)29-22-7-9-24-25(16-22)33-12-11-32-24/h1-5,7,9,15-16,19H,6,8,10-14H2,(H,29,31). The van der Waals surface area contributed by atoms with Crippen LogP contribution >= 0.6 is 11.8 Å². The molecule has 172 valence electrons. The van der Waals surface area contributed by atoms with Crippen molar-refractivity contribution in [1.82, 2.24) is 4.98 Å². The van der Waals surface area contributed by atoms with Crippen LogP contribution in [-0.2, 0) is 17.6 Å². The normalized spacial score (nSPS) is 16.3. The van der Waals surface area contributed by atoms with Crippen molar-refractivity contribution >= 4 is 23.4 Å². The second kappa shape index (κ2) is 10.2. The zero-order valence-electron chi connectivity index (χ0n) is 18.8. The Morgan fingerprint density at radius 1 is 1.12 bits per heavy atom. The fraction of sp³-hybridized carbons (Fsp3) is 0.296. The van der Waals surface area contributed by atoms with Crippen molar-refractivity contribution in [3.63, 3.8) is 0 Å². The summed E-state index contributed by atoms with van der Waals surface area (Å²) in [6, 6.07) is 20.2. The summed E-state index contributed by atoms with van der Waals surface area (Å²) in [6.45, 7) is 1.04. The van der Waals surface area contributed by atoms with E-state index < -0.39 is 0 Å². The monoisotopic (exact) mass is 471 g/mol. The second-order valence-corrected chi connectivity index (χ2v) is 9.50. The third-order valence-corrected chi connectivity index (χ3v) is 7.13. The summed E-state index contributed by atoms with van der Waals surface area (Å²) in [5.74, 6) is 2.25. The van der Waals surface area contributed by atoms with Crippen molar-refractivity contribution in [2.24, 2.45) is 0 Å². The molecule has 6 nitrogen and oxygen atoms in total. The van der Waals surface area contributed by atoms with Gasteiger partial charge in [0, 0.05) is 29.6 Å². The molecule has 0 saturated heterocycles. The van der Waals surface area contributed by atoms with E-state index in [4.69, 9.17) is 14.5 Å². The summed E-state index contributed by atoms with van der Waals surface area (Å²) < 4.78 is 11.1. The highest BCUT2D eigenvalue weighted by atomic mass is 32.2. The van der Waals surface area contributed by atoms with Crippen LogP contribution in [0.1, 0.15) is 41.1 Å². The zero-order valence-corrected chi connectivity index (χ0v) is 19.6. The van der Waals surface area contributed by atoms with Gasteiger partial charge in [0.25, 0.3) is 0 Å². The van der Waals surface area contributed by atoms with Gasteiger partial charge in [-0.15, -0.1) is 11.8 Å². The third kappa shape index (κ3) is 5.02. The van der Waals surface area contributed by atoms with Crippen LogP contribution in [0, 0.1) is 11.3 Å². The molecule has 1 N–H and O–H groups in total. The van der Waals surface area contributed by atoms with Gasteiger partial charge in [0.05, 0.1) is 5.56 Å². The number of aromatic nitrogens is 1. The van der Waals surface area contributed by atoms with E-state index in [0.29, 0.717) is 59.1 Å². The number of nitrogens with zero attached hydrogens (tertiary/aromatic N) is 2. The van der Waals surface area contributed by atoms with Crippen LogP contribution in [0.3, 0.4) is 0 Å². The Balaban J connectivity index is 1.19. The summed E-state index contributed by atoms with van der Waals surface area (Å²) in [5.41, 5.74) is 4.85. The van der Waals surface area contributed by atoms with Crippen LogP contribution in [0.4, 0.5) is 5.69 Å². The summed E-state index contributed by atoms with van der Waals surface area (Å²) in [6.07, 6.45) is 3.18. The molecule has 0 bridgehead atoms. The van der Waals surface area contributed by atoms with Crippen molar-refractivity contribution in [1.29, 1.82) is 5.26 Å². The molecule has 2 aliphatic rings. The van der Waals surface area contributed by atoms with Gasteiger partial charge in [0.1, 0.15) is 24.3 Å². The molecule has 0 fully saturated rings. The lowest BCUT2D eigenvalue weighted by molar-refractivity contribution is -0.115. The minimum atomic E-state index is -0.0913. The van der Waals surface area contributed by atoms with E-state index in [1.165, 1.54) is 17.3 Å². The van der Waals surface area contributed by atoms with Crippen LogP contribution in [0.25, 0.3) is 0 Å². The molecular formula is C27H25N3O3S. The Bertz CT molecular complexity index is 1240. The molecule has 1 aliphatic carbocycles. The number of amides is 1. The molecule has 0 radical (unpaired) electrons. The van der Waals surface area contributed by atoms with Crippen LogP contribution in [0.5, 0.6) is 11.5 Å². The number of anilines is 1. The molecule has 7 heteroatoms. The Morgan fingerprint density at radius 2 is 1.94 bits per heavy atom. The third-order valence-electron chi connectivity index (χ3n) is 6.14. The van der Waals surface area contributed by atoms with Crippen molar-refractivity contribution in [2.45, 2.75) is 36.6 Å². The number of carbonyl (C=O) groups is 1. The molecule has 0 saturated carbocycles. The number of thioether (sulfide) groups is 1. The first-order valence-electron chi connectivity index (χ1n) is 11.5. The fourth-order valence-corrected chi connectivity index (χ4v) is 5.35. The first kappa shape index (κ1) is 22.3. The summed E-state index contributed by atoms with van der Waals surface area (Å²) in [4.78, 5) is 17.3. The lowest BCUT2D eigenvalue weighted by atomic mass is 9.82. The molecule has 2 heterocycles. The SMILES string of the molecule is N#Cc1cc2c(nc1SCCC(=O)Nc1ccc3c(c1)OCCO3)CCC(c1ccccc1)C2. The number of carbonyl (C=O) groups excluding carboxylic acids is 1. The van der Waals surface area contributed by atoms with Gasteiger partial charge < -0.3 is 14.8 Å². The minimum Gasteiger partial charge on any atom is -0.486 e. The molecule has 1 atom stereocenters. The van der Waals surface area contributed by atoms with Crippen LogP contribution in [0.2, 0.25) is 0 Å². The van der Waals surface area contributed by atoms with Crippen molar-refractivity contribution in [2.75, 3.05) is 24.3 Å². The highest BCUT2D eigenvalue weighted by Gasteiger charge is 2.23. The molecule has 1 aliphatic heterocycles. The molecule has 1 amide bonds. The number of benzene rings is 2. The maximum Gasteiger partial charge on any atom is 0.225 e. The highest BCUT2D eigenvalue weighted by Crippen LogP contribution is 2.35. The van der Waals surface area contributed by atoms with Crippen molar-refractivity contribution < 1.29 is 14.3 Å². The quantitative estimate of drug-likeness (QED) is 0.503. The number of pyridine rings is 1. The van der Waals surface area contributed by atoms with E-state index >= 15 is 0 Å². The average Bonchev–Trinajstić information content (AvgIpc) is 2.88. The first-order valence-corrected chi connectivity index (χ1v) is 12.5. The first-order chi connectivity index (χ1) is 16.7. The van der Waals surface area contributed by atoms with Gasteiger partial charge in [-0.3, -0.25) is 4.79 Å². The maximum atomic E-state index is 12.4. The zero-order chi connectivity index (χ0) is 23.3. The molecule has 3 aromatic rings. The van der Waals surface area contributed by atoms with Gasteiger partial charge in [0.2, 0.25) is 5.91 Å². The second-order valence-electron chi connectivity index (χ2n) is 8.41. The van der Waals surface area contributed by atoms with E-state index in [1.54, 1.807) is 18.2 Å². The number of nitrogens with one attached hydrogen (secondary N) is 1. The van der Waals surface area contributed by atoms with E-state index in [9.17, 15) is 10.1 Å². The Labute approximate surface area is 203 Å². The lowest BCUT2D eigenvalue weighted by Crippen LogP contribution is -2.16. The molecule has 2 aromatic carbocycles. The number of hydrogen-bond donors (Lipinski definition) is 1. The van der Waals surface area contributed by atoms with E-state index in [1.807, 2.05) is 12.1 Å². The predicted molar refractivity (Wildman–Crippen MR) is 132 cm³/mol. The van der Waals surface area contributed by atoms with Crippen LogP contribution in [0.15, 0.2) is 59.6 Å². The van der Waals surface area contributed by atoms with Gasteiger partial charge in [-0.05, 0) is 54.5 Å². The van der Waals surface area contributed by atoms with E-state index in [2.05, 4.69) is 35.7 Å². The Hall–Kier alpha value is -3.50. The Morgan fingerprint density at radius 3 is 2.76 bits per heavy atom. The number of hydrogen-bond acceptors (Lipinski definition) is 6. The molecular weight excluding hydrogens is 446 g/mol. The largest absolute Gasteiger partial charge is 0.486 e. The van der Waals surface area contributed by atoms with Crippen LogP contribution in [-0.4, -0.2) is 29.9 Å². The number of aryl methyl sites for hydroxylation is 1. The molecule has 34 heavy (non-hydrogen) atoms. The Kier molecular flexibility index (Phi) is 6.68. The van der Waals surface area contributed by atoms with E-state index in [0.717, 1.165) is 30.5 Å². The minimum absolute atomic E-state index is 0.0913. The average molecular weight is 472 g/mol. The van der Waals surface area contributed by atoms with Gasteiger partial charge in [-0.2, -0.15) is 5.26 Å². The van der Waals surface area contributed by atoms with E-state index in [-0.39, 0.29) is 5.91 Å². The van der Waals surface area contributed by atoms with Crippen molar-refractivity contribution in [3.05, 3.63) is 77.0 Å². The fourth-order valence-electron chi connectivity index (χ4n) is 4.43. The lowest BCUT2D eigenvalue weighted by Gasteiger charge is -2.25. The van der Waals surface area contributed by atoms with Gasteiger partial charge in [0.15, 0.2) is 11.5 Å². The number of ether oxygens (including phenoxy) is 2. The van der Waals surface area contributed by atoms with Gasteiger partial charge >= 0.3 is 0 Å². The smallest absolute Gasteiger partial charge is 0.225 e. The number of rotatable bonds is 6. The summed E-state index contributed by atoms with van der Waals surface area (Å²) in [7, 11) is 0. The van der Waals surface area contributed by atoms with Crippen LogP contribution < -0.4 is 14.8 Å². The maximum absolute atomic E-state index is 12.4. The topological polar surface area (TPSA) is 84.2 Å². The molecule has 0 spiro atoms. The predicted octanol–water partition coefficient (Wildman–Crippen LogP) is 5.12. The van der Waals surface area contributed by atoms with Gasteiger partial charge in [-0.25, -0.2) is 4.98 Å².